The molecule has 1 aliphatic heterocycles. The van der Waals surface area contributed by atoms with Gasteiger partial charge in [-0.2, -0.15) is 5.26 Å². The number of hydrogen-bond donors (Lipinski definition) is 0. The number of carbonyl (C=O) groups is 1. The summed E-state index contributed by atoms with van der Waals surface area (Å²) in [5.41, 5.74) is 0.606. The van der Waals surface area contributed by atoms with E-state index in [-0.39, 0.29) is 12.0 Å². The van der Waals surface area contributed by atoms with Crippen LogP contribution in [0.15, 0.2) is 24.3 Å². The molecule has 1 aromatic carbocycles. The van der Waals surface area contributed by atoms with Crippen LogP contribution in [-0.4, -0.2) is 49.3 Å². The Labute approximate surface area is 125 Å². The van der Waals surface area contributed by atoms with E-state index in [4.69, 9.17) is 14.7 Å². The number of nitrogens with zero attached hydrogens (tertiary/aromatic N) is 2. The van der Waals surface area contributed by atoms with Crippen molar-refractivity contribution in [3.63, 3.8) is 0 Å². The monoisotopic (exact) mass is 288 g/mol. The first-order chi connectivity index (χ1) is 9.95. The van der Waals surface area contributed by atoms with Crippen molar-refractivity contribution in [2.75, 3.05) is 26.8 Å². The van der Waals surface area contributed by atoms with Gasteiger partial charge in [-0.25, -0.2) is 0 Å². The minimum absolute atomic E-state index is 0.0791. The van der Waals surface area contributed by atoms with Crippen LogP contribution in [0.5, 0.6) is 0 Å². The zero-order valence-corrected chi connectivity index (χ0v) is 12.6. The molecule has 1 fully saturated rings. The Balaban J connectivity index is 2.19. The van der Waals surface area contributed by atoms with Crippen molar-refractivity contribution >= 4 is 5.91 Å². The fourth-order valence-corrected chi connectivity index (χ4v) is 2.63. The molecule has 0 spiro atoms. The van der Waals surface area contributed by atoms with Crippen LogP contribution < -0.4 is 0 Å². The summed E-state index contributed by atoms with van der Waals surface area (Å²) in [6.07, 6.45) is -0.137. The van der Waals surface area contributed by atoms with Crippen molar-refractivity contribution in [1.82, 2.24) is 4.90 Å². The van der Waals surface area contributed by atoms with Gasteiger partial charge >= 0.3 is 0 Å². The Kier molecular flexibility index (Phi) is 4.61. The predicted molar refractivity (Wildman–Crippen MR) is 77.9 cm³/mol. The van der Waals surface area contributed by atoms with Crippen LogP contribution in [0.2, 0.25) is 0 Å². The maximum absolute atomic E-state index is 12.6. The number of methoxy groups -OCH3 is 1. The molecule has 0 N–H and O–H groups in total. The maximum atomic E-state index is 12.6. The van der Waals surface area contributed by atoms with Crippen molar-refractivity contribution in [2.45, 2.75) is 25.6 Å². The third-order valence-electron chi connectivity index (χ3n) is 3.36. The largest absolute Gasteiger partial charge is 0.382 e. The lowest BCUT2D eigenvalue weighted by atomic mass is 10.0. The quantitative estimate of drug-likeness (QED) is 0.851. The van der Waals surface area contributed by atoms with E-state index in [1.165, 1.54) is 0 Å². The van der Waals surface area contributed by atoms with E-state index in [0.29, 0.717) is 30.8 Å². The molecular weight excluding hydrogens is 268 g/mol. The van der Waals surface area contributed by atoms with Crippen LogP contribution in [0.4, 0.5) is 0 Å². The molecule has 5 nitrogen and oxygen atoms in total. The van der Waals surface area contributed by atoms with Crippen LogP contribution in [-0.2, 0) is 9.47 Å². The Hall–Kier alpha value is -1.90. The van der Waals surface area contributed by atoms with Crippen LogP contribution in [0.3, 0.4) is 0 Å². The average Bonchev–Trinajstić information content (AvgIpc) is 2.45. The van der Waals surface area contributed by atoms with Gasteiger partial charge in [0.05, 0.1) is 29.9 Å². The molecule has 0 unspecified atom stereocenters. The number of benzene rings is 1. The van der Waals surface area contributed by atoms with Gasteiger partial charge in [0.2, 0.25) is 0 Å². The lowest BCUT2D eigenvalue weighted by Gasteiger charge is -2.42. The van der Waals surface area contributed by atoms with Crippen LogP contribution >= 0.6 is 0 Å². The normalized spacial score (nSPS) is 20.9. The SMILES string of the molecule is COC[C@@H]1CN(C(=O)c2cccc(C#N)c2)CC(C)(C)O1. The van der Waals surface area contributed by atoms with Crippen molar-refractivity contribution in [2.24, 2.45) is 0 Å². The lowest BCUT2D eigenvalue weighted by molar-refractivity contribution is -0.143. The second-order valence-electron chi connectivity index (χ2n) is 5.83. The highest BCUT2D eigenvalue weighted by molar-refractivity contribution is 5.94. The number of carbonyl (C=O) groups excluding carboxylic acids is 1. The summed E-state index contributed by atoms with van der Waals surface area (Å²) in [5.74, 6) is -0.0791. The first-order valence-electron chi connectivity index (χ1n) is 6.91. The molecule has 0 bridgehead atoms. The Morgan fingerprint density at radius 3 is 3.00 bits per heavy atom. The van der Waals surface area contributed by atoms with Gasteiger partial charge in [-0.1, -0.05) is 6.07 Å². The third-order valence-corrected chi connectivity index (χ3v) is 3.36. The molecule has 1 saturated heterocycles. The second-order valence-corrected chi connectivity index (χ2v) is 5.83. The van der Waals surface area contributed by atoms with Gasteiger partial charge in [-0.15, -0.1) is 0 Å². The van der Waals surface area contributed by atoms with Crippen molar-refractivity contribution in [3.05, 3.63) is 35.4 Å². The molecule has 5 heteroatoms. The molecule has 1 amide bonds. The number of ether oxygens (including phenoxy) is 2. The highest BCUT2D eigenvalue weighted by Gasteiger charge is 2.35. The van der Waals surface area contributed by atoms with E-state index in [1.807, 2.05) is 13.8 Å². The van der Waals surface area contributed by atoms with Gasteiger partial charge in [-0.3, -0.25) is 4.79 Å². The zero-order valence-electron chi connectivity index (χ0n) is 12.6. The summed E-state index contributed by atoms with van der Waals surface area (Å²) in [4.78, 5) is 14.4. The van der Waals surface area contributed by atoms with Gasteiger partial charge in [0, 0.05) is 25.8 Å². The number of morpholine rings is 1. The molecule has 1 aliphatic rings. The van der Waals surface area contributed by atoms with Gasteiger partial charge in [0.15, 0.2) is 0 Å². The van der Waals surface area contributed by atoms with E-state index >= 15 is 0 Å². The van der Waals surface area contributed by atoms with Gasteiger partial charge in [0.25, 0.3) is 5.91 Å². The van der Waals surface area contributed by atoms with Crippen LogP contribution in [0.25, 0.3) is 0 Å². The number of nitriles is 1. The summed E-state index contributed by atoms with van der Waals surface area (Å²) in [6, 6.07) is 8.82. The minimum atomic E-state index is -0.413. The molecule has 0 radical (unpaired) electrons. The molecule has 1 atom stereocenters. The summed E-state index contributed by atoms with van der Waals surface area (Å²) in [7, 11) is 1.62. The molecule has 1 heterocycles. The molecule has 0 aliphatic carbocycles. The molecular formula is C16H20N2O3. The van der Waals surface area contributed by atoms with Crippen molar-refractivity contribution in [1.29, 1.82) is 5.26 Å². The zero-order chi connectivity index (χ0) is 15.5. The molecule has 1 aromatic rings. The smallest absolute Gasteiger partial charge is 0.254 e. The Morgan fingerprint density at radius 2 is 2.33 bits per heavy atom. The van der Waals surface area contributed by atoms with Gasteiger partial charge in [0.1, 0.15) is 0 Å². The Bertz CT molecular complexity index is 563. The lowest BCUT2D eigenvalue weighted by Crippen LogP contribution is -2.55. The fourth-order valence-electron chi connectivity index (χ4n) is 2.63. The van der Waals surface area contributed by atoms with Gasteiger partial charge < -0.3 is 14.4 Å². The Morgan fingerprint density at radius 1 is 1.57 bits per heavy atom. The number of amides is 1. The number of rotatable bonds is 3. The molecule has 0 aromatic heterocycles. The van der Waals surface area contributed by atoms with E-state index in [0.717, 1.165) is 0 Å². The highest BCUT2D eigenvalue weighted by atomic mass is 16.5. The van der Waals surface area contributed by atoms with Crippen molar-refractivity contribution < 1.29 is 14.3 Å². The third kappa shape index (κ3) is 3.81. The first kappa shape index (κ1) is 15.5. The summed E-state index contributed by atoms with van der Waals surface area (Å²) in [6.45, 7) is 5.38. The molecule has 21 heavy (non-hydrogen) atoms. The average molecular weight is 288 g/mol. The molecule has 0 saturated carbocycles. The maximum Gasteiger partial charge on any atom is 0.254 e. The summed E-state index contributed by atoms with van der Waals surface area (Å²) >= 11 is 0. The van der Waals surface area contributed by atoms with E-state index in [2.05, 4.69) is 6.07 Å². The van der Waals surface area contributed by atoms with Crippen molar-refractivity contribution in [3.8, 4) is 6.07 Å². The molecule has 2 rings (SSSR count). The highest BCUT2D eigenvalue weighted by Crippen LogP contribution is 2.23. The number of hydrogen-bond acceptors (Lipinski definition) is 4. The van der Waals surface area contributed by atoms with Crippen LogP contribution in [0.1, 0.15) is 29.8 Å². The minimum Gasteiger partial charge on any atom is -0.382 e. The topological polar surface area (TPSA) is 62.6 Å². The van der Waals surface area contributed by atoms with Gasteiger partial charge in [-0.05, 0) is 32.0 Å². The molecule has 112 valence electrons. The fraction of sp³-hybridized carbons (Fsp3) is 0.500. The first-order valence-corrected chi connectivity index (χ1v) is 6.91. The summed E-state index contributed by atoms with van der Waals surface area (Å²) < 4.78 is 11.0. The van der Waals surface area contributed by atoms with E-state index < -0.39 is 5.60 Å². The van der Waals surface area contributed by atoms with E-state index in [1.54, 1.807) is 36.3 Å². The second kappa shape index (κ2) is 6.25. The predicted octanol–water partition coefficient (Wildman–Crippen LogP) is 1.82. The standard InChI is InChI=1S/C16H20N2O3/c1-16(2)11-18(9-14(21-16)10-20-3)15(19)13-6-4-5-12(7-13)8-17/h4-7,14H,9-11H2,1-3H3/t14-/m0/s1. The van der Waals surface area contributed by atoms with E-state index in [9.17, 15) is 4.79 Å². The van der Waals surface area contributed by atoms with Crippen LogP contribution in [0, 0.1) is 11.3 Å². The summed E-state index contributed by atoms with van der Waals surface area (Å²) in [5, 5.41) is 8.94.